The largest absolute Gasteiger partial charge is 0.481 e. The van der Waals surface area contributed by atoms with Gasteiger partial charge >= 0.3 is 5.97 Å². The molecule has 1 N–H and O–H groups in total. The molecule has 9 rings (SSSR count). The van der Waals surface area contributed by atoms with Gasteiger partial charge in [-0.2, -0.15) is 0 Å². The van der Waals surface area contributed by atoms with Gasteiger partial charge in [0.25, 0.3) is 0 Å². The molecule has 0 radical (unpaired) electrons. The van der Waals surface area contributed by atoms with Gasteiger partial charge in [0.15, 0.2) is 0 Å². The van der Waals surface area contributed by atoms with E-state index in [9.17, 15) is 9.90 Å². The van der Waals surface area contributed by atoms with E-state index in [1.54, 1.807) is 0 Å². The summed E-state index contributed by atoms with van der Waals surface area (Å²) in [4.78, 5) is 13.3. The number of hydrogen-bond donors (Lipinski definition) is 1. The molecule has 33 heavy (non-hydrogen) atoms. The van der Waals surface area contributed by atoms with Crippen LogP contribution in [-0.2, 0) is 4.79 Å². The van der Waals surface area contributed by atoms with E-state index < -0.39 is 11.4 Å². The van der Waals surface area contributed by atoms with E-state index in [1.165, 1.54) is 38.5 Å². The van der Waals surface area contributed by atoms with E-state index in [2.05, 4.69) is 62.3 Å². The fourth-order valence-electron chi connectivity index (χ4n) is 14.3. The Morgan fingerprint density at radius 1 is 0.667 bits per heavy atom. The number of carboxylic acid groups (broad SMARTS) is 1. The quantitative estimate of drug-likeness (QED) is 0.466. The predicted molar refractivity (Wildman–Crippen MR) is 134 cm³/mol. The number of carbonyl (C=O) groups is 1. The van der Waals surface area contributed by atoms with Gasteiger partial charge in [-0.25, -0.2) is 0 Å². The van der Waals surface area contributed by atoms with Gasteiger partial charge in [-0.05, 0) is 126 Å². The Labute approximate surface area is 203 Å². The summed E-state index contributed by atoms with van der Waals surface area (Å²) in [5, 5.41) is 10.9. The van der Waals surface area contributed by atoms with Crippen LogP contribution in [0.4, 0.5) is 0 Å². The average molecular weight is 455 g/mol. The van der Waals surface area contributed by atoms with E-state index in [4.69, 9.17) is 0 Å². The first-order valence-corrected chi connectivity index (χ1v) is 14.3. The number of rotatable bonds is 3. The zero-order valence-corrected chi connectivity index (χ0v) is 23.0. The van der Waals surface area contributed by atoms with Crippen LogP contribution in [0.3, 0.4) is 0 Å². The zero-order chi connectivity index (χ0) is 24.3. The van der Waals surface area contributed by atoms with Gasteiger partial charge in [0, 0.05) is 0 Å². The van der Waals surface area contributed by atoms with Crippen LogP contribution in [0.1, 0.15) is 120 Å². The molecule has 9 unspecified atom stereocenters. The van der Waals surface area contributed by atoms with Crippen molar-refractivity contribution in [3.05, 3.63) is 0 Å². The summed E-state index contributed by atoms with van der Waals surface area (Å²) in [5.41, 5.74) is 0.607. The van der Waals surface area contributed by atoms with Gasteiger partial charge in [-0.1, -0.05) is 55.4 Å². The lowest BCUT2D eigenvalue weighted by atomic mass is 9.11. The van der Waals surface area contributed by atoms with Crippen molar-refractivity contribution in [2.75, 3.05) is 0 Å². The van der Waals surface area contributed by atoms with Crippen molar-refractivity contribution in [1.82, 2.24) is 0 Å². The molecular formula is C31H50O2. The topological polar surface area (TPSA) is 37.3 Å². The maximum atomic E-state index is 13.3. The van der Waals surface area contributed by atoms with Crippen LogP contribution < -0.4 is 0 Å². The number of carboxylic acids is 1. The molecule has 0 spiro atoms. The molecule has 9 saturated carbocycles. The molecule has 186 valence electrons. The predicted octanol–water partition coefficient (Wildman–Crippen LogP) is 8.20. The Morgan fingerprint density at radius 3 is 1.67 bits per heavy atom. The molecule has 0 amide bonds. The highest BCUT2D eigenvalue weighted by atomic mass is 16.4. The maximum Gasteiger partial charge on any atom is 0.309 e. The summed E-state index contributed by atoms with van der Waals surface area (Å²) in [6.45, 7) is 22.9. The Kier molecular flexibility index (Phi) is 3.97. The second-order valence-electron chi connectivity index (χ2n) is 16.2. The van der Waals surface area contributed by atoms with Gasteiger partial charge in [-0.3, -0.25) is 4.79 Å². The summed E-state index contributed by atoms with van der Waals surface area (Å²) >= 11 is 0. The lowest BCUT2D eigenvalue weighted by Crippen LogP contribution is -2.88. The van der Waals surface area contributed by atoms with Crippen LogP contribution in [-0.4, -0.2) is 11.1 Å². The number of fused-ring (bicyclic) bond motifs is 6. The second-order valence-corrected chi connectivity index (χ2v) is 16.2. The third-order valence-electron chi connectivity index (χ3n) is 15.9. The molecular weight excluding hydrogens is 404 g/mol. The summed E-state index contributed by atoms with van der Waals surface area (Å²) in [7, 11) is 0. The standard InChI is InChI=1S/C31H50O2/c1-19-10-11-20-16-29(19,24(20,2)3)28(9)15-13-22-18-31(28,26(22,6)7)30-17-21(25(30,4)5)12-14-27(30,8)23(32)33/h19-22H,10-18H2,1-9H3,(H,32,33). The average Bonchev–Trinajstić information content (AvgIpc) is 2.72. The van der Waals surface area contributed by atoms with E-state index in [-0.39, 0.29) is 27.1 Å². The highest BCUT2D eigenvalue weighted by Gasteiger charge is 2.91. The first-order valence-electron chi connectivity index (χ1n) is 14.3. The lowest BCUT2D eigenvalue weighted by Gasteiger charge is -2.92. The van der Waals surface area contributed by atoms with Crippen molar-refractivity contribution in [2.45, 2.75) is 120 Å². The fraction of sp³-hybridized carbons (Fsp3) is 0.968. The third kappa shape index (κ3) is 1.76. The molecule has 2 nitrogen and oxygen atoms in total. The molecule has 0 aliphatic heterocycles. The number of hydrogen-bond acceptors (Lipinski definition) is 1. The third-order valence-corrected chi connectivity index (χ3v) is 15.9. The zero-order valence-electron chi connectivity index (χ0n) is 23.0. The molecule has 0 saturated heterocycles. The molecule has 0 aromatic heterocycles. The molecule has 9 atom stereocenters. The van der Waals surface area contributed by atoms with Gasteiger partial charge in [0.05, 0.1) is 5.41 Å². The van der Waals surface area contributed by atoms with Crippen LogP contribution >= 0.6 is 0 Å². The van der Waals surface area contributed by atoms with Crippen molar-refractivity contribution in [2.24, 2.45) is 67.0 Å². The first kappa shape index (κ1) is 22.9. The fourth-order valence-corrected chi connectivity index (χ4v) is 14.3. The van der Waals surface area contributed by atoms with Gasteiger partial charge in [0.1, 0.15) is 0 Å². The summed E-state index contributed by atoms with van der Waals surface area (Å²) < 4.78 is 0. The molecule has 9 aliphatic rings. The Bertz CT molecular complexity index is 929. The smallest absolute Gasteiger partial charge is 0.309 e. The molecule has 9 fully saturated rings. The van der Waals surface area contributed by atoms with E-state index in [0.717, 1.165) is 37.0 Å². The molecule has 0 heterocycles. The minimum atomic E-state index is -0.617. The van der Waals surface area contributed by atoms with Gasteiger partial charge in [0.2, 0.25) is 0 Å². The Morgan fingerprint density at radius 2 is 1.18 bits per heavy atom. The summed E-state index contributed by atoms with van der Waals surface area (Å²) in [6.07, 6.45) is 11.3. The van der Waals surface area contributed by atoms with Crippen LogP contribution in [0.25, 0.3) is 0 Å². The van der Waals surface area contributed by atoms with E-state index >= 15 is 0 Å². The Balaban J connectivity index is 1.65. The van der Waals surface area contributed by atoms with Crippen LogP contribution in [0.5, 0.6) is 0 Å². The molecule has 6 bridgehead atoms. The normalized spacial score (nSPS) is 58.9. The van der Waals surface area contributed by atoms with E-state index in [1.807, 2.05) is 0 Å². The van der Waals surface area contributed by atoms with Gasteiger partial charge in [-0.15, -0.1) is 0 Å². The lowest BCUT2D eigenvalue weighted by molar-refractivity contribution is -0.451. The van der Waals surface area contributed by atoms with Crippen molar-refractivity contribution in [3.8, 4) is 0 Å². The van der Waals surface area contributed by atoms with E-state index in [0.29, 0.717) is 16.7 Å². The summed E-state index contributed by atoms with van der Waals surface area (Å²) in [5.74, 6) is 2.56. The maximum absolute atomic E-state index is 13.3. The van der Waals surface area contributed by atoms with Gasteiger partial charge < -0.3 is 5.11 Å². The minimum absolute atomic E-state index is 0.0983. The molecule has 0 aromatic rings. The molecule has 2 heteroatoms. The number of aliphatic carboxylic acids is 1. The van der Waals surface area contributed by atoms with Crippen molar-refractivity contribution < 1.29 is 9.90 Å². The molecule has 9 aliphatic carbocycles. The highest BCUT2D eigenvalue weighted by molar-refractivity contribution is 5.77. The minimum Gasteiger partial charge on any atom is -0.481 e. The van der Waals surface area contributed by atoms with Crippen LogP contribution in [0.2, 0.25) is 0 Å². The first-order chi connectivity index (χ1) is 15.1. The SMILES string of the molecule is CC1CCC2CC1(C1(C)CCC3CC1(C14CC(CCC1(C)C(=O)O)C4(C)C)C3(C)C)C2(C)C. The second kappa shape index (κ2) is 5.72. The van der Waals surface area contributed by atoms with Crippen molar-refractivity contribution >= 4 is 5.97 Å². The van der Waals surface area contributed by atoms with Crippen LogP contribution in [0, 0.1) is 67.0 Å². The van der Waals surface area contributed by atoms with Crippen LogP contribution in [0.15, 0.2) is 0 Å². The monoisotopic (exact) mass is 454 g/mol. The summed E-state index contributed by atoms with van der Waals surface area (Å²) in [6, 6.07) is 0. The van der Waals surface area contributed by atoms with Crippen molar-refractivity contribution in [3.63, 3.8) is 0 Å². The highest BCUT2D eigenvalue weighted by Crippen LogP contribution is 2.96. The van der Waals surface area contributed by atoms with Crippen molar-refractivity contribution in [1.29, 1.82) is 0 Å². The Hall–Kier alpha value is -0.530. The molecule has 0 aromatic carbocycles.